The molecule has 1 aliphatic carbocycles. The second kappa shape index (κ2) is 8.07. The van der Waals surface area contributed by atoms with Gasteiger partial charge in [0.25, 0.3) is 0 Å². The highest BCUT2D eigenvalue weighted by molar-refractivity contribution is 5.63. The summed E-state index contributed by atoms with van der Waals surface area (Å²) < 4.78 is 25.7. The van der Waals surface area contributed by atoms with E-state index < -0.39 is 11.6 Å². The molecule has 0 aliphatic heterocycles. The molecule has 0 bridgehead atoms. The first-order chi connectivity index (χ1) is 10.6. The standard InChI is InChI=1S/C13H10F2.C7H14/c1-9-2-4-10(5-3-9)11-6-7-12(14)13(15)8-11;1-7-5-3-2-4-6-7/h2-8H,1H3;7H,2-6H2,1H3. The lowest BCUT2D eigenvalue weighted by Gasteiger charge is -2.15. The van der Waals surface area contributed by atoms with Crippen LogP contribution < -0.4 is 0 Å². The summed E-state index contributed by atoms with van der Waals surface area (Å²) in [4.78, 5) is 0. The Morgan fingerprint density at radius 3 is 1.86 bits per heavy atom. The molecule has 22 heavy (non-hydrogen) atoms. The van der Waals surface area contributed by atoms with Gasteiger partial charge < -0.3 is 0 Å². The van der Waals surface area contributed by atoms with E-state index in [-0.39, 0.29) is 0 Å². The quantitative estimate of drug-likeness (QED) is 0.562. The van der Waals surface area contributed by atoms with Crippen LogP contribution in [0, 0.1) is 24.5 Å². The molecule has 0 heterocycles. The van der Waals surface area contributed by atoms with Gasteiger partial charge >= 0.3 is 0 Å². The average Bonchev–Trinajstić information content (AvgIpc) is 2.52. The third kappa shape index (κ3) is 4.94. The zero-order valence-electron chi connectivity index (χ0n) is 13.4. The van der Waals surface area contributed by atoms with E-state index in [1.165, 1.54) is 38.2 Å². The Hall–Kier alpha value is -1.70. The number of aryl methyl sites for hydroxylation is 1. The fourth-order valence-corrected chi connectivity index (χ4v) is 2.73. The van der Waals surface area contributed by atoms with Crippen LogP contribution >= 0.6 is 0 Å². The third-order valence-electron chi connectivity index (χ3n) is 4.20. The summed E-state index contributed by atoms with van der Waals surface area (Å²) >= 11 is 0. The lowest BCUT2D eigenvalue weighted by molar-refractivity contribution is 0.385. The van der Waals surface area contributed by atoms with Gasteiger partial charge in [-0.2, -0.15) is 0 Å². The molecule has 0 spiro atoms. The van der Waals surface area contributed by atoms with E-state index in [1.54, 1.807) is 6.07 Å². The minimum atomic E-state index is -0.814. The highest BCUT2D eigenvalue weighted by atomic mass is 19.2. The first-order valence-corrected chi connectivity index (χ1v) is 8.08. The molecule has 1 saturated carbocycles. The SMILES string of the molecule is CC1CCCCC1.Cc1ccc(-c2ccc(F)c(F)c2)cc1. The fraction of sp³-hybridized carbons (Fsp3) is 0.400. The first-order valence-electron chi connectivity index (χ1n) is 8.08. The van der Waals surface area contributed by atoms with Crippen molar-refractivity contribution in [2.45, 2.75) is 46.0 Å². The van der Waals surface area contributed by atoms with E-state index >= 15 is 0 Å². The van der Waals surface area contributed by atoms with Gasteiger partial charge in [0.2, 0.25) is 0 Å². The number of rotatable bonds is 1. The van der Waals surface area contributed by atoms with Gasteiger partial charge in [-0.15, -0.1) is 0 Å². The van der Waals surface area contributed by atoms with Crippen LogP contribution in [0.2, 0.25) is 0 Å². The molecular formula is C20H24F2. The first kappa shape index (κ1) is 16.7. The van der Waals surface area contributed by atoms with Crippen LogP contribution in [-0.4, -0.2) is 0 Å². The molecule has 1 aliphatic rings. The zero-order chi connectivity index (χ0) is 15.9. The van der Waals surface area contributed by atoms with Gasteiger partial charge in [-0.1, -0.05) is 74.9 Å². The molecular weight excluding hydrogens is 278 g/mol. The second-order valence-corrected chi connectivity index (χ2v) is 6.24. The third-order valence-corrected chi connectivity index (χ3v) is 4.20. The summed E-state index contributed by atoms with van der Waals surface area (Å²) in [5, 5.41) is 0. The summed E-state index contributed by atoms with van der Waals surface area (Å²) in [5.74, 6) is -0.590. The van der Waals surface area contributed by atoms with Crippen molar-refractivity contribution in [1.82, 2.24) is 0 Å². The maximum absolute atomic E-state index is 13.0. The summed E-state index contributed by atoms with van der Waals surface area (Å²) in [5.41, 5.74) is 2.72. The minimum absolute atomic E-state index is 0.689. The van der Waals surface area contributed by atoms with E-state index in [9.17, 15) is 8.78 Å². The Balaban J connectivity index is 0.000000211. The predicted octanol–water partition coefficient (Wildman–Crippen LogP) is 6.53. The molecule has 118 valence electrons. The number of hydrogen-bond donors (Lipinski definition) is 0. The van der Waals surface area contributed by atoms with Crippen LogP contribution in [0.15, 0.2) is 42.5 Å². The largest absolute Gasteiger partial charge is 0.204 e. The van der Waals surface area contributed by atoms with Gasteiger partial charge in [-0.05, 0) is 36.1 Å². The second-order valence-electron chi connectivity index (χ2n) is 6.24. The van der Waals surface area contributed by atoms with Gasteiger partial charge in [0.15, 0.2) is 11.6 Å². The average molecular weight is 302 g/mol. The van der Waals surface area contributed by atoms with Crippen LogP contribution in [0.3, 0.4) is 0 Å². The Kier molecular flexibility index (Phi) is 6.11. The van der Waals surface area contributed by atoms with Crippen molar-refractivity contribution in [3.63, 3.8) is 0 Å². The van der Waals surface area contributed by atoms with E-state index in [1.807, 2.05) is 31.2 Å². The van der Waals surface area contributed by atoms with Crippen molar-refractivity contribution >= 4 is 0 Å². The highest BCUT2D eigenvalue weighted by Gasteiger charge is 2.06. The van der Waals surface area contributed by atoms with Crippen LogP contribution in [0.4, 0.5) is 8.78 Å². The predicted molar refractivity (Wildman–Crippen MR) is 88.8 cm³/mol. The highest BCUT2D eigenvalue weighted by Crippen LogP contribution is 2.22. The van der Waals surface area contributed by atoms with Crippen LogP contribution in [0.25, 0.3) is 11.1 Å². The number of benzene rings is 2. The maximum atomic E-state index is 13.0. The van der Waals surface area contributed by atoms with Gasteiger partial charge in [0.05, 0.1) is 0 Å². The Morgan fingerprint density at radius 1 is 0.773 bits per heavy atom. The summed E-state index contributed by atoms with van der Waals surface area (Å²) in [6, 6.07) is 11.6. The molecule has 2 aromatic rings. The summed E-state index contributed by atoms with van der Waals surface area (Å²) in [6.45, 7) is 4.34. The number of hydrogen-bond acceptors (Lipinski definition) is 0. The molecule has 0 unspecified atom stereocenters. The van der Waals surface area contributed by atoms with Crippen LogP contribution in [0.1, 0.15) is 44.6 Å². The smallest absolute Gasteiger partial charge is 0.159 e. The minimum Gasteiger partial charge on any atom is -0.204 e. The molecule has 2 heteroatoms. The topological polar surface area (TPSA) is 0 Å². The Bertz CT molecular complexity index is 581. The molecule has 0 aromatic heterocycles. The molecule has 0 nitrogen and oxygen atoms in total. The number of halogens is 2. The van der Waals surface area contributed by atoms with Crippen molar-refractivity contribution in [2.75, 3.05) is 0 Å². The Labute approximate surface area is 132 Å². The van der Waals surface area contributed by atoms with Gasteiger partial charge in [-0.25, -0.2) is 8.78 Å². The monoisotopic (exact) mass is 302 g/mol. The van der Waals surface area contributed by atoms with Crippen molar-refractivity contribution in [1.29, 1.82) is 0 Å². The lowest BCUT2D eigenvalue weighted by atomic mass is 9.91. The molecule has 0 atom stereocenters. The lowest BCUT2D eigenvalue weighted by Crippen LogP contribution is -1.99. The van der Waals surface area contributed by atoms with Gasteiger partial charge in [0, 0.05) is 0 Å². The molecule has 1 fully saturated rings. The molecule has 0 N–H and O–H groups in total. The van der Waals surface area contributed by atoms with Gasteiger partial charge in [0.1, 0.15) is 0 Å². The Morgan fingerprint density at radius 2 is 1.36 bits per heavy atom. The summed E-state index contributed by atoms with van der Waals surface area (Å²) in [6.07, 6.45) is 7.44. The van der Waals surface area contributed by atoms with Crippen molar-refractivity contribution in [2.24, 2.45) is 5.92 Å². The van der Waals surface area contributed by atoms with E-state index in [2.05, 4.69) is 6.92 Å². The van der Waals surface area contributed by atoms with Crippen LogP contribution in [-0.2, 0) is 0 Å². The fourth-order valence-electron chi connectivity index (χ4n) is 2.73. The maximum Gasteiger partial charge on any atom is 0.159 e. The van der Waals surface area contributed by atoms with E-state index in [0.29, 0.717) is 5.56 Å². The molecule has 0 radical (unpaired) electrons. The molecule has 3 rings (SSSR count). The van der Waals surface area contributed by atoms with Crippen molar-refractivity contribution in [3.05, 3.63) is 59.7 Å². The van der Waals surface area contributed by atoms with Crippen molar-refractivity contribution in [3.8, 4) is 11.1 Å². The molecule has 0 saturated heterocycles. The van der Waals surface area contributed by atoms with E-state index in [0.717, 1.165) is 23.1 Å². The van der Waals surface area contributed by atoms with Gasteiger partial charge in [-0.3, -0.25) is 0 Å². The molecule has 0 amide bonds. The normalized spacial score (nSPS) is 15.1. The van der Waals surface area contributed by atoms with Crippen molar-refractivity contribution < 1.29 is 8.78 Å². The summed E-state index contributed by atoms with van der Waals surface area (Å²) in [7, 11) is 0. The van der Waals surface area contributed by atoms with E-state index in [4.69, 9.17) is 0 Å². The van der Waals surface area contributed by atoms with Crippen LogP contribution in [0.5, 0.6) is 0 Å². The zero-order valence-corrected chi connectivity index (χ0v) is 13.4. The molecule has 2 aromatic carbocycles.